The Balaban J connectivity index is 1.40. The lowest BCUT2D eigenvalue weighted by Gasteiger charge is -2.36. The third kappa shape index (κ3) is 4.99. The Hall–Kier alpha value is -2.05. The number of carbonyl (C=O) groups excluding carboxylic acids is 1. The van der Waals surface area contributed by atoms with Crippen LogP contribution >= 0.6 is 15.9 Å². The van der Waals surface area contributed by atoms with Gasteiger partial charge in [0.1, 0.15) is 5.75 Å². The molecule has 1 aliphatic rings. The lowest BCUT2D eigenvalue weighted by Crippen LogP contribution is -2.48. The van der Waals surface area contributed by atoms with Gasteiger partial charge in [-0.2, -0.15) is 0 Å². The maximum atomic E-state index is 12.2. The summed E-state index contributed by atoms with van der Waals surface area (Å²) in [6.07, 6.45) is 0. The number of amides is 1. The molecule has 0 aromatic heterocycles. The average molecular weight is 418 g/mol. The van der Waals surface area contributed by atoms with E-state index in [1.165, 1.54) is 5.69 Å². The van der Waals surface area contributed by atoms with Crippen LogP contribution in [0.25, 0.3) is 0 Å². The predicted molar refractivity (Wildman–Crippen MR) is 108 cm³/mol. The van der Waals surface area contributed by atoms with Gasteiger partial charge in [0, 0.05) is 55.0 Å². The molecule has 1 fully saturated rings. The van der Waals surface area contributed by atoms with Crippen molar-refractivity contribution < 1.29 is 9.53 Å². The van der Waals surface area contributed by atoms with Crippen LogP contribution in [-0.4, -0.2) is 57.2 Å². The molecule has 0 radical (unpaired) electrons. The Bertz CT molecular complexity index is 728. The Morgan fingerprint density at radius 2 is 1.85 bits per heavy atom. The number of carbonyl (C=O) groups is 1. The highest BCUT2D eigenvalue weighted by Crippen LogP contribution is 2.20. The van der Waals surface area contributed by atoms with Crippen molar-refractivity contribution in [1.29, 1.82) is 0 Å². The second-order valence-electron chi connectivity index (χ2n) is 6.29. The first-order valence-electron chi connectivity index (χ1n) is 8.81. The van der Waals surface area contributed by atoms with Gasteiger partial charge in [-0.15, -0.1) is 0 Å². The largest absolute Gasteiger partial charge is 0.497 e. The van der Waals surface area contributed by atoms with E-state index in [4.69, 9.17) is 4.74 Å². The number of rotatable bonds is 6. The molecular formula is C20H24BrN3O2. The van der Waals surface area contributed by atoms with Crippen LogP contribution in [0.3, 0.4) is 0 Å². The zero-order valence-electron chi connectivity index (χ0n) is 15.0. The first-order chi connectivity index (χ1) is 12.7. The SMILES string of the molecule is COc1ccc(N2CCN(CCNC(=O)c3cccc(Br)c3)CC2)cc1. The van der Waals surface area contributed by atoms with E-state index >= 15 is 0 Å². The number of halogens is 1. The third-order valence-corrected chi connectivity index (χ3v) is 5.10. The van der Waals surface area contributed by atoms with Crippen LogP contribution in [0, 0.1) is 0 Å². The normalized spacial score (nSPS) is 14.9. The Morgan fingerprint density at radius 1 is 1.12 bits per heavy atom. The van der Waals surface area contributed by atoms with Crippen molar-refractivity contribution >= 4 is 27.5 Å². The molecule has 6 heteroatoms. The first-order valence-corrected chi connectivity index (χ1v) is 9.60. The number of anilines is 1. The molecule has 2 aromatic rings. The first kappa shape index (κ1) is 18.7. The smallest absolute Gasteiger partial charge is 0.251 e. The van der Waals surface area contributed by atoms with E-state index in [-0.39, 0.29) is 5.91 Å². The molecule has 0 unspecified atom stereocenters. The third-order valence-electron chi connectivity index (χ3n) is 4.61. The molecular weight excluding hydrogens is 394 g/mol. The quantitative estimate of drug-likeness (QED) is 0.784. The highest BCUT2D eigenvalue weighted by molar-refractivity contribution is 9.10. The van der Waals surface area contributed by atoms with Crippen molar-refractivity contribution in [3.8, 4) is 5.75 Å². The van der Waals surface area contributed by atoms with E-state index in [1.54, 1.807) is 7.11 Å². The number of benzene rings is 2. The molecule has 1 heterocycles. The second-order valence-corrected chi connectivity index (χ2v) is 7.21. The van der Waals surface area contributed by atoms with Crippen LogP contribution in [-0.2, 0) is 0 Å². The minimum absolute atomic E-state index is 0.0248. The summed E-state index contributed by atoms with van der Waals surface area (Å²) in [7, 11) is 1.68. The number of nitrogens with zero attached hydrogens (tertiary/aromatic N) is 2. The minimum Gasteiger partial charge on any atom is -0.497 e. The Morgan fingerprint density at radius 3 is 2.50 bits per heavy atom. The van der Waals surface area contributed by atoms with Crippen molar-refractivity contribution in [2.45, 2.75) is 0 Å². The van der Waals surface area contributed by atoms with Gasteiger partial charge in [0.25, 0.3) is 5.91 Å². The topological polar surface area (TPSA) is 44.8 Å². The summed E-state index contributed by atoms with van der Waals surface area (Å²) in [5.41, 5.74) is 1.91. The summed E-state index contributed by atoms with van der Waals surface area (Å²) in [6.45, 7) is 5.51. The highest BCUT2D eigenvalue weighted by Gasteiger charge is 2.17. The molecule has 1 amide bonds. The highest BCUT2D eigenvalue weighted by atomic mass is 79.9. The standard InChI is InChI=1S/C20H24BrN3O2/c1-26-19-7-5-18(6-8-19)24-13-11-23(12-14-24)10-9-22-20(25)16-3-2-4-17(21)15-16/h2-8,15H,9-14H2,1H3,(H,22,25). The van der Waals surface area contributed by atoms with Gasteiger partial charge >= 0.3 is 0 Å². The van der Waals surface area contributed by atoms with Gasteiger partial charge in [-0.1, -0.05) is 22.0 Å². The summed E-state index contributed by atoms with van der Waals surface area (Å²) >= 11 is 3.39. The average Bonchev–Trinajstić information content (AvgIpc) is 2.68. The van der Waals surface area contributed by atoms with E-state index in [0.29, 0.717) is 12.1 Å². The molecule has 2 aromatic carbocycles. The summed E-state index contributed by atoms with van der Waals surface area (Å²) in [5, 5.41) is 3.00. The number of hydrogen-bond donors (Lipinski definition) is 1. The van der Waals surface area contributed by atoms with Crippen molar-refractivity contribution in [3.05, 3.63) is 58.6 Å². The van der Waals surface area contributed by atoms with Gasteiger partial charge in [0.05, 0.1) is 7.11 Å². The molecule has 0 aliphatic carbocycles. The zero-order valence-corrected chi connectivity index (χ0v) is 16.5. The number of nitrogens with one attached hydrogen (secondary N) is 1. The van der Waals surface area contributed by atoms with Crippen LogP contribution in [0.4, 0.5) is 5.69 Å². The molecule has 26 heavy (non-hydrogen) atoms. The lowest BCUT2D eigenvalue weighted by molar-refractivity contribution is 0.0947. The van der Waals surface area contributed by atoms with Crippen LogP contribution in [0.5, 0.6) is 5.75 Å². The molecule has 138 valence electrons. The molecule has 0 bridgehead atoms. The van der Waals surface area contributed by atoms with Gasteiger partial charge in [0.15, 0.2) is 0 Å². The molecule has 5 nitrogen and oxygen atoms in total. The van der Waals surface area contributed by atoms with E-state index in [0.717, 1.165) is 42.9 Å². The van der Waals surface area contributed by atoms with Crippen molar-refractivity contribution in [1.82, 2.24) is 10.2 Å². The number of methoxy groups -OCH3 is 1. The minimum atomic E-state index is -0.0248. The van der Waals surface area contributed by atoms with Gasteiger partial charge in [-0.3, -0.25) is 9.69 Å². The van der Waals surface area contributed by atoms with E-state index in [9.17, 15) is 4.79 Å². The van der Waals surface area contributed by atoms with Gasteiger partial charge in [-0.05, 0) is 42.5 Å². The monoisotopic (exact) mass is 417 g/mol. The zero-order chi connectivity index (χ0) is 18.4. The molecule has 1 aliphatic heterocycles. The van der Waals surface area contributed by atoms with Crippen LogP contribution < -0.4 is 15.0 Å². The molecule has 0 atom stereocenters. The summed E-state index contributed by atoms with van der Waals surface area (Å²) in [4.78, 5) is 16.9. The number of ether oxygens (including phenoxy) is 1. The fourth-order valence-electron chi connectivity index (χ4n) is 3.08. The Kier molecular flexibility index (Phi) is 6.52. The number of hydrogen-bond acceptors (Lipinski definition) is 4. The summed E-state index contributed by atoms with van der Waals surface area (Å²) in [5.74, 6) is 0.858. The van der Waals surface area contributed by atoms with Crippen molar-refractivity contribution in [2.24, 2.45) is 0 Å². The maximum Gasteiger partial charge on any atom is 0.251 e. The Labute approximate surface area is 163 Å². The fraction of sp³-hybridized carbons (Fsp3) is 0.350. The van der Waals surface area contributed by atoms with Crippen molar-refractivity contribution in [3.63, 3.8) is 0 Å². The van der Waals surface area contributed by atoms with Crippen molar-refractivity contribution in [2.75, 3.05) is 51.3 Å². The molecule has 3 rings (SSSR count). The number of piperazine rings is 1. The van der Waals surface area contributed by atoms with E-state index in [1.807, 2.05) is 36.4 Å². The van der Waals surface area contributed by atoms with E-state index in [2.05, 4.69) is 43.2 Å². The lowest BCUT2D eigenvalue weighted by atomic mass is 10.2. The molecule has 1 saturated heterocycles. The summed E-state index contributed by atoms with van der Waals surface area (Å²) in [6, 6.07) is 15.7. The van der Waals surface area contributed by atoms with Crippen LogP contribution in [0.15, 0.2) is 53.0 Å². The van der Waals surface area contributed by atoms with Gasteiger partial charge in [0.2, 0.25) is 0 Å². The van der Waals surface area contributed by atoms with Crippen LogP contribution in [0.2, 0.25) is 0 Å². The second kappa shape index (κ2) is 9.05. The van der Waals surface area contributed by atoms with Gasteiger partial charge in [-0.25, -0.2) is 0 Å². The molecule has 0 saturated carbocycles. The predicted octanol–water partition coefficient (Wildman–Crippen LogP) is 3.01. The van der Waals surface area contributed by atoms with Gasteiger partial charge < -0.3 is 15.0 Å². The molecule has 1 N–H and O–H groups in total. The summed E-state index contributed by atoms with van der Waals surface area (Å²) < 4.78 is 6.13. The maximum absolute atomic E-state index is 12.2. The van der Waals surface area contributed by atoms with E-state index < -0.39 is 0 Å². The molecule has 0 spiro atoms. The van der Waals surface area contributed by atoms with Crippen LogP contribution in [0.1, 0.15) is 10.4 Å². The fourth-order valence-corrected chi connectivity index (χ4v) is 3.48.